The number of hydrogen-bond acceptors (Lipinski definition) is 4. The average molecular weight is 395 g/mol. The first-order valence-corrected chi connectivity index (χ1v) is 10.1. The third kappa shape index (κ3) is 7.38. The molecule has 0 saturated carbocycles. The van der Waals surface area contributed by atoms with E-state index < -0.39 is 0 Å². The lowest BCUT2D eigenvalue weighted by Gasteiger charge is -2.14. The van der Waals surface area contributed by atoms with E-state index in [1.807, 2.05) is 57.2 Å². The number of ether oxygens (including phenoxy) is 2. The number of benzene rings is 2. The Bertz CT molecular complexity index is 826. The van der Waals surface area contributed by atoms with Gasteiger partial charge in [0.15, 0.2) is 17.5 Å². The smallest absolute Gasteiger partial charge is 0.191 e. The van der Waals surface area contributed by atoms with Crippen molar-refractivity contribution in [2.45, 2.75) is 33.7 Å². The Balaban J connectivity index is 1.94. The standard InChI is InChI=1S/C23H30N4O2/c1-4-25-23(27-17-20-9-7-19(16-24)8-10-20)26-14-13-18-11-12-21(28-5-2)22(15-18)29-6-3/h7-12,15H,4-6,13-14,17H2,1-3H3,(H2,25,26,27). The molecule has 0 aromatic heterocycles. The zero-order valence-corrected chi connectivity index (χ0v) is 17.5. The monoisotopic (exact) mass is 394 g/mol. The van der Waals surface area contributed by atoms with Gasteiger partial charge in [-0.3, -0.25) is 0 Å². The number of nitriles is 1. The summed E-state index contributed by atoms with van der Waals surface area (Å²) in [6.45, 7) is 9.29. The van der Waals surface area contributed by atoms with Crippen molar-refractivity contribution in [2.75, 3.05) is 26.3 Å². The Labute approximate surface area is 173 Å². The van der Waals surface area contributed by atoms with E-state index in [1.165, 1.54) is 5.56 Å². The molecule has 0 heterocycles. The zero-order chi connectivity index (χ0) is 20.9. The molecule has 2 N–H and O–H groups in total. The summed E-state index contributed by atoms with van der Waals surface area (Å²) in [5.41, 5.74) is 2.89. The van der Waals surface area contributed by atoms with E-state index in [1.54, 1.807) is 0 Å². The zero-order valence-electron chi connectivity index (χ0n) is 17.5. The van der Waals surface area contributed by atoms with Gasteiger partial charge in [0.05, 0.1) is 31.4 Å². The van der Waals surface area contributed by atoms with Crippen LogP contribution in [0.3, 0.4) is 0 Å². The third-order valence-electron chi connectivity index (χ3n) is 4.16. The highest BCUT2D eigenvalue weighted by Gasteiger charge is 2.06. The second kappa shape index (κ2) is 12.3. The Kier molecular flexibility index (Phi) is 9.37. The molecule has 0 aliphatic rings. The van der Waals surface area contributed by atoms with Gasteiger partial charge in [-0.25, -0.2) is 4.99 Å². The van der Waals surface area contributed by atoms with E-state index in [-0.39, 0.29) is 0 Å². The van der Waals surface area contributed by atoms with Gasteiger partial charge in [-0.05, 0) is 62.6 Å². The first-order chi connectivity index (χ1) is 14.2. The minimum atomic E-state index is 0.554. The SMILES string of the molecule is CCNC(=NCc1ccc(C#N)cc1)NCCc1ccc(OCC)c(OCC)c1. The number of hydrogen-bond donors (Lipinski definition) is 2. The number of guanidine groups is 1. The van der Waals surface area contributed by atoms with Crippen molar-refractivity contribution in [3.63, 3.8) is 0 Å². The topological polar surface area (TPSA) is 78.7 Å². The normalized spacial score (nSPS) is 10.9. The third-order valence-corrected chi connectivity index (χ3v) is 4.16. The fourth-order valence-corrected chi connectivity index (χ4v) is 2.77. The molecule has 0 aliphatic carbocycles. The van der Waals surface area contributed by atoms with Crippen molar-refractivity contribution in [2.24, 2.45) is 4.99 Å². The fraction of sp³-hybridized carbons (Fsp3) is 0.391. The van der Waals surface area contributed by atoms with E-state index in [0.717, 1.165) is 42.5 Å². The Morgan fingerprint density at radius 3 is 2.28 bits per heavy atom. The minimum absolute atomic E-state index is 0.554. The summed E-state index contributed by atoms with van der Waals surface area (Å²) < 4.78 is 11.3. The molecule has 2 aromatic carbocycles. The van der Waals surface area contributed by atoms with Crippen molar-refractivity contribution < 1.29 is 9.47 Å². The van der Waals surface area contributed by atoms with Crippen LogP contribution in [0.5, 0.6) is 11.5 Å². The maximum absolute atomic E-state index is 8.88. The number of nitrogens with one attached hydrogen (secondary N) is 2. The Morgan fingerprint density at radius 1 is 0.931 bits per heavy atom. The number of rotatable bonds is 10. The predicted octanol–water partition coefficient (Wildman–Crippen LogP) is 3.65. The molecular weight excluding hydrogens is 364 g/mol. The molecule has 6 heteroatoms. The van der Waals surface area contributed by atoms with Crippen LogP contribution in [0.15, 0.2) is 47.5 Å². The van der Waals surface area contributed by atoms with Gasteiger partial charge in [0, 0.05) is 13.1 Å². The van der Waals surface area contributed by atoms with E-state index in [2.05, 4.69) is 27.8 Å². The molecule has 29 heavy (non-hydrogen) atoms. The van der Waals surface area contributed by atoms with Gasteiger partial charge < -0.3 is 20.1 Å². The van der Waals surface area contributed by atoms with Gasteiger partial charge in [0.25, 0.3) is 0 Å². The summed E-state index contributed by atoms with van der Waals surface area (Å²) in [4.78, 5) is 4.62. The molecule has 0 bridgehead atoms. The molecule has 0 fully saturated rings. The van der Waals surface area contributed by atoms with Crippen molar-refractivity contribution in [3.8, 4) is 17.6 Å². The first-order valence-electron chi connectivity index (χ1n) is 10.1. The lowest BCUT2D eigenvalue weighted by molar-refractivity contribution is 0.287. The van der Waals surface area contributed by atoms with E-state index >= 15 is 0 Å². The van der Waals surface area contributed by atoms with Crippen LogP contribution < -0.4 is 20.1 Å². The van der Waals surface area contributed by atoms with Crippen LogP contribution in [0.4, 0.5) is 0 Å². The van der Waals surface area contributed by atoms with Crippen molar-refractivity contribution in [1.82, 2.24) is 10.6 Å². The van der Waals surface area contributed by atoms with Gasteiger partial charge in [-0.2, -0.15) is 5.26 Å². The van der Waals surface area contributed by atoms with Gasteiger partial charge in [0.1, 0.15) is 0 Å². The molecule has 2 aromatic rings. The molecule has 0 amide bonds. The number of nitrogens with zero attached hydrogens (tertiary/aromatic N) is 2. The molecule has 0 radical (unpaired) electrons. The predicted molar refractivity (Wildman–Crippen MR) is 116 cm³/mol. The summed E-state index contributed by atoms with van der Waals surface area (Å²) in [5.74, 6) is 2.34. The highest BCUT2D eigenvalue weighted by Crippen LogP contribution is 2.28. The highest BCUT2D eigenvalue weighted by molar-refractivity contribution is 5.79. The molecule has 6 nitrogen and oxygen atoms in total. The van der Waals surface area contributed by atoms with E-state index in [4.69, 9.17) is 14.7 Å². The van der Waals surface area contributed by atoms with Crippen molar-refractivity contribution >= 4 is 5.96 Å². The first kappa shape index (κ1) is 22.1. The van der Waals surface area contributed by atoms with Crippen LogP contribution in [0.2, 0.25) is 0 Å². The van der Waals surface area contributed by atoms with Crippen LogP contribution in [0, 0.1) is 11.3 Å². The summed E-state index contributed by atoms with van der Waals surface area (Å²) in [5, 5.41) is 15.5. The summed E-state index contributed by atoms with van der Waals surface area (Å²) in [6.07, 6.45) is 0.841. The molecule has 0 unspecified atom stereocenters. The molecule has 0 saturated heterocycles. The van der Waals surface area contributed by atoms with E-state index in [9.17, 15) is 0 Å². The van der Waals surface area contributed by atoms with Crippen molar-refractivity contribution in [3.05, 3.63) is 59.2 Å². The summed E-state index contributed by atoms with van der Waals surface area (Å²) >= 11 is 0. The minimum Gasteiger partial charge on any atom is -0.490 e. The van der Waals surface area contributed by atoms with Gasteiger partial charge >= 0.3 is 0 Å². The number of aliphatic imine (C=N–C) groups is 1. The Morgan fingerprint density at radius 2 is 1.62 bits per heavy atom. The lowest BCUT2D eigenvalue weighted by Crippen LogP contribution is -2.38. The van der Waals surface area contributed by atoms with Gasteiger partial charge in [-0.1, -0.05) is 18.2 Å². The summed E-state index contributed by atoms with van der Waals surface area (Å²) in [7, 11) is 0. The quantitative estimate of drug-likeness (QED) is 0.475. The van der Waals surface area contributed by atoms with Crippen LogP contribution in [-0.4, -0.2) is 32.3 Å². The van der Waals surface area contributed by atoms with Crippen LogP contribution in [0.25, 0.3) is 0 Å². The molecule has 154 valence electrons. The average Bonchev–Trinajstić information content (AvgIpc) is 2.74. The second-order valence-corrected chi connectivity index (χ2v) is 6.33. The Hall–Kier alpha value is -3.20. The summed E-state index contributed by atoms with van der Waals surface area (Å²) in [6, 6.07) is 15.7. The maximum Gasteiger partial charge on any atom is 0.191 e. The van der Waals surface area contributed by atoms with E-state index in [0.29, 0.717) is 25.3 Å². The fourth-order valence-electron chi connectivity index (χ4n) is 2.77. The largest absolute Gasteiger partial charge is 0.490 e. The van der Waals surface area contributed by atoms with Crippen LogP contribution in [-0.2, 0) is 13.0 Å². The molecule has 0 aliphatic heterocycles. The molecule has 0 spiro atoms. The van der Waals surface area contributed by atoms with Crippen LogP contribution >= 0.6 is 0 Å². The second-order valence-electron chi connectivity index (χ2n) is 6.33. The van der Waals surface area contributed by atoms with Crippen molar-refractivity contribution in [1.29, 1.82) is 5.26 Å². The molecular formula is C23H30N4O2. The van der Waals surface area contributed by atoms with Crippen LogP contribution in [0.1, 0.15) is 37.5 Å². The van der Waals surface area contributed by atoms with Gasteiger partial charge in [-0.15, -0.1) is 0 Å². The molecule has 0 atom stereocenters. The van der Waals surface area contributed by atoms with Gasteiger partial charge in [0.2, 0.25) is 0 Å². The highest BCUT2D eigenvalue weighted by atomic mass is 16.5. The molecule has 2 rings (SSSR count). The maximum atomic E-state index is 8.88. The lowest BCUT2D eigenvalue weighted by atomic mass is 10.1.